The molecule has 2 saturated heterocycles. The maximum atomic E-state index is 12.8. The number of aromatic nitrogens is 2. The smallest absolute Gasteiger partial charge is 0.266 e. The van der Waals surface area contributed by atoms with Crippen LogP contribution in [0.15, 0.2) is 15.7 Å². The molecule has 0 radical (unpaired) electrons. The molecule has 3 heterocycles. The van der Waals surface area contributed by atoms with Crippen molar-refractivity contribution in [3.8, 4) is 0 Å². The van der Waals surface area contributed by atoms with Gasteiger partial charge < -0.3 is 14.7 Å². The zero-order valence-electron chi connectivity index (χ0n) is 16.6. The molecule has 2 aliphatic heterocycles. The van der Waals surface area contributed by atoms with Gasteiger partial charge in [-0.15, -0.1) is 0 Å². The van der Waals surface area contributed by atoms with Crippen molar-refractivity contribution in [3.05, 3.63) is 32.3 Å². The van der Waals surface area contributed by atoms with Crippen molar-refractivity contribution in [2.24, 2.45) is 5.41 Å². The molecule has 1 unspecified atom stereocenters. The number of carbonyl (C=O) groups is 2. The molecule has 0 aliphatic carbocycles. The highest BCUT2D eigenvalue weighted by Crippen LogP contribution is 2.38. The first-order chi connectivity index (χ1) is 13.3. The quantitative estimate of drug-likeness (QED) is 0.697. The molecule has 2 N–H and O–H groups in total. The van der Waals surface area contributed by atoms with Crippen molar-refractivity contribution in [1.29, 1.82) is 0 Å². The van der Waals surface area contributed by atoms with Gasteiger partial charge in [0.1, 0.15) is 0 Å². The Morgan fingerprint density at radius 2 is 1.96 bits per heavy atom. The van der Waals surface area contributed by atoms with Gasteiger partial charge in [0, 0.05) is 56.2 Å². The number of H-pyrrole nitrogens is 2. The van der Waals surface area contributed by atoms with E-state index in [2.05, 4.69) is 15.1 Å². The van der Waals surface area contributed by atoms with E-state index in [0.29, 0.717) is 32.6 Å². The Balaban J connectivity index is 1.68. The van der Waals surface area contributed by atoms with Gasteiger partial charge in [0.25, 0.3) is 11.1 Å². The molecule has 9 nitrogen and oxygen atoms in total. The Kier molecular flexibility index (Phi) is 6.02. The summed E-state index contributed by atoms with van der Waals surface area (Å²) in [6, 6.07) is 1.18. The lowest BCUT2D eigenvalue weighted by Crippen LogP contribution is -2.56. The Morgan fingerprint density at radius 1 is 1.18 bits per heavy atom. The van der Waals surface area contributed by atoms with Crippen LogP contribution in [0, 0.1) is 5.41 Å². The van der Waals surface area contributed by atoms with E-state index >= 15 is 0 Å². The van der Waals surface area contributed by atoms with Crippen molar-refractivity contribution >= 4 is 11.8 Å². The van der Waals surface area contributed by atoms with E-state index in [1.165, 1.54) is 6.07 Å². The van der Waals surface area contributed by atoms with Gasteiger partial charge in [-0.25, -0.2) is 0 Å². The van der Waals surface area contributed by atoms with Crippen LogP contribution < -0.4 is 11.1 Å². The first-order valence-electron chi connectivity index (χ1n) is 9.79. The second-order valence-corrected chi connectivity index (χ2v) is 8.33. The monoisotopic (exact) mass is 391 g/mol. The predicted molar refractivity (Wildman–Crippen MR) is 104 cm³/mol. The minimum atomic E-state index is -0.446. The molecule has 2 aliphatic rings. The molecule has 1 aromatic heterocycles. The normalized spacial score (nSPS) is 22.9. The van der Waals surface area contributed by atoms with Crippen molar-refractivity contribution in [2.75, 3.05) is 46.8 Å². The molecule has 1 spiro atoms. The highest BCUT2D eigenvalue weighted by Gasteiger charge is 2.42. The largest absolute Gasteiger partial charge is 0.342 e. The fourth-order valence-electron chi connectivity index (χ4n) is 4.25. The number of rotatable bonds is 5. The van der Waals surface area contributed by atoms with Crippen LogP contribution in [0.2, 0.25) is 0 Å². The summed E-state index contributed by atoms with van der Waals surface area (Å²) in [4.78, 5) is 54.2. The number of piperidine rings is 2. The van der Waals surface area contributed by atoms with Gasteiger partial charge in [-0.05, 0) is 33.4 Å². The van der Waals surface area contributed by atoms with Crippen molar-refractivity contribution in [2.45, 2.75) is 32.1 Å². The SMILES string of the molecule is CN(C)CCN1CC2(CCCN(C(=O)Cc3cc(=O)[nH][nH]c3=O)C2)CCC1=O. The minimum Gasteiger partial charge on any atom is -0.342 e. The summed E-state index contributed by atoms with van der Waals surface area (Å²) < 4.78 is 0. The lowest BCUT2D eigenvalue weighted by molar-refractivity contribution is -0.142. The fraction of sp³-hybridized carbons (Fsp3) is 0.684. The average molecular weight is 391 g/mol. The highest BCUT2D eigenvalue weighted by molar-refractivity contribution is 5.79. The molecule has 0 bridgehead atoms. The Bertz CT molecular complexity index is 845. The number of likely N-dealkylation sites (N-methyl/N-ethyl adjacent to an activating group) is 1. The predicted octanol–water partition coefficient (Wildman–Crippen LogP) is -0.601. The van der Waals surface area contributed by atoms with Gasteiger partial charge in [-0.3, -0.25) is 29.4 Å². The van der Waals surface area contributed by atoms with E-state index in [-0.39, 0.29) is 29.2 Å². The number of likely N-dealkylation sites (tertiary alicyclic amines) is 2. The van der Waals surface area contributed by atoms with E-state index in [0.717, 1.165) is 25.8 Å². The summed E-state index contributed by atoms with van der Waals surface area (Å²) >= 11 is 0. The van der Waals surface area contributed by atoms with Crippen LogP contribution in [0.3, 0.4) is 0 Å². The van der Waals surface area contributed by atoms with Crippen molar-refractivity contribution < 1.29 is 9.59 Å². The topological polar surface area (TPSA) is 110 Å². The van der Waals surface area contributed by atoms with Gasteiger partial charge >= 0.3 is 0 Å². The molecular formula is C19H29N5O4. The van der Waals surface area contributed by atoms with E-state index in [1.54, 1.807) is 4.90 Å². The van der Waals surface area contributed by atoms with Gasteiger partial charge in [0.2, 0.25) is 11.8 Å². The standard InChI is InChI=1S/C19H29N5O4/c1-22(2)8-9-24-13-19(6-4-16(24)26)5-3-7-23(12-19)17(27)11-14-10-15(25)20-21-18(14)28/h10H,3-9,11-13H2,1-2H3,(H,20,25)(H,21,28). The van der Waals surface area contributed by atoms with E-state index < -0.39 is 11.1 Å². The highest BCUT2D eigenvalue weighted by atomic mass is 16.2. The van der Waals surface area contributed by atoms with Gasteiger partial charge in [0.05, 0.1) is 6.42 Å². The van der Waals surface area contributed by atoms with Crippen molar-refractivity contribution in [3.63, 3.8) is 0 Å². The van der Waals surface area contributed by atoms with Gasteiger partial charge in [-0.1, -0.05) is 0 Å². The van der Waals surface area contributed by atoms with Crippen LogP contribution in [-0.4, -0.2) is 83.5 Å². The molecule has 9 heteroatoms. The molecular weight excluding hydrogens is 362 g/mol. The third-order valence-electron chi connectivity index (χ3n) is 5.82. The Labute approximate surface area is 163 Å². The van der Waals surface area contributed by atoms with Crippen LogP contribution in [0.25, 0.3) is 0 Å². The summed E-state index contributed by atoms with van der Waals surface area (Å²) in [6.07, 6.45) is 3.10. The molecule has 2 fully saturated rings. The zero-order valence-corrected chi connectivity index (χ0v) is 16.6. The molecule has 2 amide bonds. The number of nitrogens with one attached hydrogen (secondary N) is 2. The molecule has 1 aromatic rings. The first-order valence-corrected chi connectivity index (χ1v) is 9.79. The number of nitrogens with zero attached hydrogens (tertiary/aromatic N) is 3. The molecule has 154 valence electrons. The maximum Gasteiger partial charge on any atom is 0.266 e. The number of hydrogen-bond acceptors (Lipinski definition) is 5. The van der Waals surface area contributed by atoms with Crippen LogP contribution in [0.5, 0.6) is 0 Å². The minimum absolute atomic E-state index is 0.0747. The number of aromatic amines is 2. The first kappa shape index (κ1) is 20.3. The third-order valence-corrected chi connectivity index (χ3v) is 5.82. The summed E-state index contributed by atoms with van der Waals surface area (Å²) in [5, 5.41) is 4.46. The molecule has 0 aromatic carbocycles. The Morgan fingerprint density at radius 3 is 2.71 bits per heavy atom. The molecule has 3 rings (SSSR count). The zero-order chi connectivity index (χ0) is 20.3. The lowest BCUT2D eigenvalue weighted by Gasteiger charge is -2.48. The summed E-state index contributed by atoms with van der Waals surface area (Å²) in [5.41, 5.74) is -0.772. The summed E-state index contributed by atoms with van der Waals surface area (Å²) in [7, 11) is 3.98. The number of amides is 2. The lowest BCUT2D eigenvalue weighted by atomic mass is 9.73. The van der Waals surface area contributed by atoms with Crippen LogP contribution in [0.1, 0.15) is 31.2 Å². The molecule has 0 saturated carbocycles. The van der Waals surface area contributed by atoms with E-state index in [9.17, 15) is 19.2 Å². The van der Waals surface area contributed by atoms with Crippen LogP contribution in [-0.2, 0) is 16.0 Å². The van der Waals surface area contributed by atoms with E-state index in [1.807, 2.05) is 19.0 Å². The van der Waals surface area contributed by atoms with Crippen molar-refractivity contribution in [1.82, 2.24) is 24.9 Å². The van der Waals surface area contributed by atoms with Gasteiger partial charge in [-0.2, -0.15) is 0 Å². The number of hydrogen-bond donors (Lipinski definition) is 2. The second-order valence-electron chi connectivity index (χ2n) is 8.33. The Hall–Kier alpha value is -2.42. The summed E-state index contributed by atoms with van der Waals surface area (Å²) in [5.74, 6) is 0.0397. The maximum absolute atomic E-state index is 12.8. The fourth-order valence-corrected chi connectivity index (χ4v) is 4.25. The second kappa shape index (κ2) is 8.30. The third kappa shape index (κ3) is 4.70. The van der Waals surface area contributed by atoms with Gasteiger partial charge in [0.15, 0.2) is 0 Å². The number of carbonyl (C=O) groups excluding carboxylic acids is 2. The summed E-state index contributed by atoms with van der Waals surface area (Å²) in [6.45, 7) is 3.43. The van der Waals surface area contributed by atoms with Crippen LogP contribution in [0.4, 0.5) is 0 Å². The van der Waals surface area contributed by atoms with Crippen LogP contribution >= 0.6 is 0 Å². The molecule has 1 atom stereocenters. The molecule has 28 heavy (non-hydrogen) atoms. The van der Waals surface area contributed by atoms with E-state index in [4.69, 9.17) is 0 Å². The average Bonchev–Trinajstić information content (AvgIpc) is 2.66.